The van der Waals surface area contributed by atoms with Crippen LogP contribution >= 0.6 is 0 Å². The molecular formula is C11H16O2S. The van der Waals surface area contributed by atoms with Gasteiger partial charge in [0.25, 0.3) is 0 Å². The molecule has 1 aromatic carbocycles. The molecule has 0 radical (unpaired) electrons. The number of benzene rings is 1. The van der Waals surface area contributed by atoms with Crippen molar-refractivity contribution in [3.8, 4) is 0 Å². The van der Waals surface area contributed by atoms with Gasteiger partial charge in [0.1, 0.15) is 0 Å². The fraction of sp³-hybridized carbons (Fsp3) is 0.455. The van der Waals surface area contributed by atoms with Gasteiger partial charge in [0.15, 0.2) is 11.1 Å². The largest absolute Gasteiger partial charge is 0.302 e. The highest BCUT2D eigenvalue weighted by Crippen LogP contribution is 2.26. The lowest BCUT2D eigenvalue weighted by Crippen LogP contribution is -2.15. The van der Waals surface area contributed by atoms with Crippen LogP contribution in [-0.2, 0) is 16.5 Å². The van der Waals surface area contributed by atoms with Gasteiger partial charge in [-0.15, -0.1) is 0 Å². The highest BCUT2D eigenvalue weighted by molar-refractivity contribution is 7.79. The summed E-state index contributed by atoms with van der Waals surface area (Å²) in [6, 6.07) is 7.27. The van der Waals surface area contributed by atoms with Crippen LogP contribution in [0.25, 0.3) is 0 Å². The van der Waals surface area contributed by atoms with E-state index >= 15 is 0 Å². The third kappa shape index (κ3) is 2.42. The topological polar surface area (TPSA) is 37.3 Å². The summed E-state index contributed by atoms with van der Waals surface area (Å²) >= 11 is -1.87. The summed E-state index contributed by atoms with van der Waals surface area (Å²) in [6.45, 7) is 6.47. The maximum atomic E-state index is 10.7. The summed E-state index contributed by atoms with van der Waals surface area (Å²) in [7, 11) is 0. The fourth-order valence-corrected chi connectivity index (χ4v) is 1.60. The van der Waals surface area contributed by atoms with E-state index in [0.717, 1.165) is 6.42 Å². The summed E-state index contributed by atoms with van der Waals surface area (Å²) in [5.74, 6) is 0. The zero-order valence-corrected chi connectivity index (χ0v) is 9.60. The van der Waals surface area contributed by atoms with E-state index in [1.54, 1.807) is 12.1 Å². The fourth-order valence-electron chi connectivity index (χ4n) is 1.23. The van der Waals surface area contributed by atoms with Gasteiger partial charge in [-0.1, -0.05) is 32.9 Å². The Morgan fingerprint density at radius 1 is 1.29 bits per heavy atom. The molecule has 1 rings (SSSR count). The first-order valence-corrected chi connectivity index (χ1v) is 5.79. The standard InChI is InChI=1S/C11H16O2S/c1-4-11(2,3)9-5-7-10(8-6-9)14(12)13/h5-8H,4H2,1-3H3,(H,12,13). The molecule has 0 fully saturated rings. The van der Waals surface area contributed by atoms with Crippen molar-refractivity contribution >= 4 is 11.1 Å². The normalized spacial score (nSPS) is 14.0. The summed E-state index contributed by atoms with van der Waals surface area (Å²) < 4.78 is 19.6. The van der Waals surface area contributed by atoms with E-state index in [2.05, 4.69) is 20.8 Å². The van der Waals surface area contributed by atoms with E-state index in [1.807, 2.05) is 12.1 Å². The number of rotatable bonds is 3. The van der Waals surface area contributed by atoms with Gasteiger partial charge in [0.05, 0.1) is 4.90 Å². The molecule has 0 saturated carbocycles. The second kappa shape index (κ2) is 4.24. The highest BCUT2D eigenvalue weighted by atomic mass is 32.2. The maximum Gasteiger partial charge on any atom is 0.186 e. The van der Waals surface area contributed by atoms with E-state index in [9.17, 15) is 4.21 Å². The third-order valence-electron chi connectivity index (χ3n) is 2.72. The Morgan fingerprint density at radius 2 is 1.79 bits per heavy atom. The van der Waals surface area contributed by atoms with Crippen LogP contribution < -0.4 is 0 Å². The highest BCUT2D eigenvalue weighted by Gasteiger charge is 2.17. The van der Waals surface area contributed by atoms with E-state index in [1.165, 1.54) is 5.56 Å². The molecular weight excluding hydrogens is 196 g/mol. The molecule has 1 unspecified atom stereocenters. The second-order valence-corrected chi connectivity index (χ2v) is 4.98. The molecule has 0 bridgehead atoms. The van der Waals surface area contributed by atoms with Gasteiger partial charge in [-0.05, 0) is 29.5 Å². The van der Waals surface area contributed by atoms with Crippen molar-refractivity contribution < 1.29 is 8.76 Å². The molecule has 0 amide bonds. The van der Waals surface area contributed by atoms with E-state index in [4.69, 9.17) is 4.55 Å². The Morgan fingerprint density at radius 3 is 2.14 bits per heavy atom. The van der Waals surface area contributed by atoms with Crippen LogP contribution in [0, 0.1) is 0 Å². The second-order valence-electron chi connectivity index (χ2n) is 4.01. The van der Waals surface area contributed by atoms with Gasteiger partial charge in [0, 0.05) is 0 Å². The molecule has 1 N–H and O–H groups in total. The molecule has 0 aliphatic carbocycles. The minimum atomic E-state index is -1.87. The zero-order chi connectivity index (χ0) is 10.8. The van der Waals surface area contributed by atoms with Crippen LogP contribution in [0.4, 0.5) is 0 Å². The van der Waals surface area contributed by atoms with Crippen LogP contribution in [0.1, 0.15) is 32.8 Å². The minimum Gasteiger partial charge on any atom is -0.302 e. The Labute approximate surface area is 87.6 Å². The van der Waals surface area contributed by atoms with Gasteiger partial charge >= 0.3 is 0 Å². The van der Waals surface area contributed by atoms with Crippen molar-refractivity contribution in [3.05, 3.63) is 29.8 Å². The van der Waals surface area contributed by atoms with E-state index in [0.29, 0.717) is 4.90 Å². The molecule has 0 heterocycles. The monoisotopic (exact) mass is 212 g/mol. The van der Waals surface area contributed by atoms with Crippen molar-refractivity contribution in [1.82, 2.24) is 0 Å². The van der Waals surface area contributed by atoms with Crippen molar-refractivity contribution in [2.45, 2.75) is 37.5 Å². The summed E-state index contributed by atoms with van der Waals surface area (Å²) in [5.41, 5.74) is 1.34. The third-order valence-corrected chi connectivity index (χ3v) is 3.40. The van der Waals surface area contributed by atoms with Crippen LogP contribution in [0.5, 0.6) is 0 Å². The molecule has 1 atom stereocenters. The lowest BCUT2D eigenvalue weighted by molar-refractivity contribution is 0.505. The average molecular weight is 212 g/mol. The maximum absolute atomic E-state index is 10.7. The first-order chi connectivity index (χ1) is 6.47. The Kier molecular flexibility index (Phi) is 3.45. The number of hydrogen-bond donors (Lipinski definition) is 1. The molecule has 0 aliphatic heterocycles. The first-order valence-electron chi connectivity index (χ1n) is 4.69. The van der Waals surface area contributed by atoms with Gasteiger partial charge in [-0.25, -0.2) is 4.21 Å². The van der Waals surface area contributed by atoms with Crippen molar-refractivity contribution in [2.75, 3.05) is 0 Å². The van der Waals surface area contributed by atoms with Crippen LogP contribution in [-0.4, -0.2) is 8.76 Å². The summed E-state index contributed by atoms with van der Waals surface area (Å²) in [5, 5.41) is 0. The van der Waals surface area contributed by atoms with E-state index in [-0.39, 0.29) is 5.41 Å². The van der Waals surface area contributed by atoms with Gasteiger partial charge in [-0.3, -0.25) is 0 Å². The van der Waals surface area contributed by atoms with Crippen molar-refractivity contribution in [2.24, 2.45) is 0 Å². The molecule has 78 valence electrons. The quantitative estimate of drug-likeness (QED) is 0.782. The van der Waals surface area contributed by atoms with Gasteiger partial charge in [-0.2, -0.15) is 0 Å². The molecule has 14 heavy (non-hydrogen) atoms. The summed E-state index contributed by atoms with van der Waals surface area (Å²) in [4.78, 5) is 0.459. The minimum absolute atomic E-state index is 0.134. The SMILES string of the molecule is CCC(C)(C)c1ccc(S(=O)O)cc1. The molecule has 0 spiro atoms. The Balaban J connectivity index is 2.99. The molecule has 2 nitrogen and oxygen atoms in total. The van der Waals surface area contributed by atoms with Gasteiger partial charge in [0.2, 0.25) is 0 Å². The lowest BCUT2D eigenvalue weighted by atomic mass is 9.82. The summed E-state index contributed by atoms with van der Waals surface area (Å²) in [6.07, 6.45) is 1.05. The molecule has 0 saturated heterocycles. The van der Waals surface area contributed by atoms with Crippen molar-refractivity contribution in [1.29, 1.82) is 0 Å². The smallest absolute Gasteiger partial charge is 0.186 e. The van der Waals surface area contributed by atoms with Crippen LogP contribution in [0.3, 0.4) is 0 Å². The first kappa shape index (κ1) is 11.4. The number of hydrogen-bond acceptors (Lipinski definition) is 1. The molecule has 0 aliphatic rings. The lowest BCUT2D eigenvalue weighted by Gasteiger charge is -2.23. The predicted octanol–water partition coefficient (Wildman–Crippen LogP) is 2.95. The zero-order valence-electron chi connectivity index (χ0n) is 8.78. The van der Waals surface area contributed by atoms with Crippen LogP contribution in [0.2, 0.25) is 0 Å². The molecule has 0 aromatic heterocycles. The van der Waals surface area contributed by atoms with Crippen molar-refractivity contribution in [3.63, 3.8) is 0 Å². The van der Waals surface area contributed by atoms with Gasteiger partial charge < -0.3 is 4.55 Å². The van der Waals surface area contributed by atoms with Crippen LogP contribution in [0.15, 0.2) is 29.2 Å². The molecule has 1 aromatic rings. The van der Waals surface area contributed by atoms with E-state index < -0.39 is 11.1 Å². The predicted molar refractivity (Wildman–Crippen MR) is 58.8 cm³/mol. The Hall–Kier alpha value is -0.670. The Bertz CT molecular complexity index is 328. The molecule has 3 heteroatoms. The average Bonchev–Trinajstić information content (AvgIpc) is 2.18.